The Balaban J connectivity index is 1.96. The van der Waals surface area contributed by atoms with Gasteiger partial charge in [0, 0.05) is 23.1 Å². The number of anilines is 1. The number of nitriles is 1. The third kappa shape index (κ3) is 3.66. The lowest BCUT2D eigenvalue weighted by Crippen LogP contribution is -2.19. The number of hydrogen-bond donors (Lipinski definition) is 2. The summed E-state index contributed by atoms with van der Waals surface area (Å²) < 4.78 is 10.4. The van der Waals surface area contributed by atoms with E-state index >= 15 is 0 Å². The number of methoxy groups -OCH3 is 2. The molecule has 0 fully saturated rings. The normalized spacial score (nSPS) is 11.7. The Bertz CT molecular complexity index is 1100. The molecule has 3 rings (SSSR count). The number of H-pyrrole nitrogens is 1. The van der Waals surface area contributed by atoms with Crippen molar-refractivity contribution < 1.29 is 9.47 Å². The Morgan fingerprint density at radius 3 is 2.63 bits per heavy atom. The van der Waals surface area contributed by atoms with Crippen LogP contribution in [0.2, 0.25) is 5.02 Å². The summed E-state index contributed by atoms with van der Waals surface area (Å²) in [5.74, 6) is 1.40. The number of rotatable bonds is 5. The lowest BCUT2D eigenvalue weighted by atomic mass is 10.1. The minimum atomic E-state index is -0.343. The van der Waals surface area contributed by atoms with Crippen molar-refractivity contribution in [1.29, 1.82) is 5.26 Å². The monoisotopic (exact) mass is 384 g/mol. The minimum absolute atomic E-state index is 0.229. The number of fused-ring (bicyclic) bond motifs is 1. The van der Waals surface area contributed by atoms with E-state index in [4.69, 9.17) is 26.3 Å². The van der Waals surface area contributed by atoms with Crippen molar-refractivity contribution in [2.45, 2.75) is 13.0 Å². The number of ether oxygens (including phenoxy) is 2. The Kier molecular flexibility index (Phi) is 5.19. The molecule has 27 heavy (non-hydrogen) atoms. The van der Waals surface area contributed by atoms with Gasteiger partial charge in [0.15, 0.2) is 0 Å². The number of aromatic amines is 1. The van der Waals surface area contributed by atoms with E-state index in [-0.39, 0.29) is 11.6 Å². The fourth-order valence-corrected chi connectivity index (χ4v) is 3.02. The standard InChI is InChI=1S/C19H17ClN4O3/c1-10(23-18-7-16(26-2)12(8-21)9-22-18)13-4-11-5-14(20)17(27-3)6-15(11)24-19(13)25/h4-7,9-10H,1-3H3,(H,22,23)(H,24,25). The molecule has 0 saturated heterocycles. The number of nitrogens with zero attached hydrogens (tertiary/aromatic N) is 2. The number of halogens is 1. The Hall–Kier alpha value is -3.24. The molecule has 0 spiro atoms. The molecular weight excluding hydrogens is 368 g/mol. The second kappa shape index (κ2) is 7.56. The SMILES string of the molecule is COc1cc2[nH]c(=O)c(C(C)Nc3cc(OC)c(C#N)cn3)cc2cc1Cl. The van der Waals surface area contributed by atoms with Gasteiger partial charge >= 0.3 is 0 Å². The summed E-state index contributed by atoms with van der Waals surface area (Å²) in [7, 11) is 3.00. The molecule has 1 aromatic carbocycles. The average Bonchev–Trinajstić information content (AvgIpc) is 2.67. The molecule has 2 N–H and O–H groups in total. The molecule has 0 bridgehead atoms. The van der Waals surface area contributed by atoms with Gasteiger partial charge < -0.3 is 19.8 Å². The second-order valence-electron chi connectivity index (χ2n) is 5.88. The van der Waals surface area contributed by atoms with Gasteiger partial charge in [-0.05, 0) is 19.1 Å². The number of hydrogen-bond acceptors (Lipinski definition) is 6. The van der Waals surface area contributed by atoms with Crippen LogP contribution >= 0.6 is 11.6 Å². The lowest BCUT2D eigenvalue weighted by molar-refractivity contribution is 0.413. The van der Waals surface area contributed by atoms with Crippen LogP contribution < -0.4 is 20.3 Å². The third-order valence-electron chi connectivity index (χ3n) is 4.18. The predicted octanol–water partition coefficient (Wildman–Crippen LogP) is 3.64. The maximum absolute atomic E-state index is 12.5. The quantitative estimate of drug-likeness (QED) is 0.696. The summed E-state index contributed by atoms with van der Waals surface area (Å²) in [5.41, 5.74) is 1.26. The van der Waals surface area contributed by atoms with Crippen LogP contribution in [-0.2, 0) is 0 Å². The van der Waals surface area contributed by atoms with Crippen LogP contribution in [0.4, 0.5) is 5.82 Å². The van der Waals surface area contributed by atoms with Crippen LogP contribution in [0, 0.1) is 11.3 Å². The van der Waals surface area contributed by atoms with E-state index in [1.165, 1.54) is 20.4 Å². The van der Waals surface area contributed by atoms with E-state index in [2.05, 4.69) is 15.3 Å². The topological polar surface area (TPSA) is 100 Å². The molecule has 2 aromatic heterocycles. The maximum atomic E-state index is 12.5. The molecule has 1 unspecified atom stereocenters. The van der Waals surface area contributed by atoms with Crippen molar-refractivity contribution in [2.75, 3.05) is 19.5 Å². The highest BCUT2D eigenvalue weighted by atomic mass is 35.5. The molecule has 7 nitrogen and oxygen atoms in total. The fraction of sp³-hybridized carbons (Fsp3) is 0.211. The molecule has 138 valence electrons. The molecule has 3 aromatic rings. The van der Waals surface area contributed by atoms with Gasteiger partial charge in [0.1, 0.15) is 28.9 Å². The molecule has 8 heteroatoms. The predicted molar refractivity (Wildman–Crippen MR) is 104 cm³/mol. The number of benzene rings is 1. The highest BCUT2D eigenvalue weighted by Gasteiger charge is 2.14. The smallest absolute Gasteiger partial charge is 0.253 e. The van der Waals surface area contributed by atoms with Gasteiger partial charge in [0.05, 0.1) is 37.0 Å². The summed E-state index contributed by atoms with van der Waals surface area (Å²) in [6.45, 7) is 1.84. The lowest BCUT2D eigenvalue weighted by Gasteiger charge is -2.16. The molecule has 1 atom stereocenters. The minimum Gasteiger partial charge on any atom is -0.495 e. The van der Waals surface area contributed by atoms with Gasteiger partial charge in [-0.3, -0.25) is 4.79 Å². The molecule has 0 aliphatic heterocycles. The molecule has 0 amide bonds. The van der Waals surface area contributed by atoms with Gasteiger partial charge in [0.25, 0.3) is 5.56 Å². The summed E-state index contributed by atoms with van der Waals surface area (Å²) in [5, 5.41) is 13.4. The van der Waals surface area contributed by atoms with Crippen LogP contribution in [0.5, 0.6) is 11.5 Å². The van der Waals surface area contributed by atoms with Crippen LogP contribution in [-0.4, -0.2) is 24.2 Å². The largest absolute Gasteiger partial charge is 0.495 e. The van der Waals surface area contributed by atoms with Crippen molar-refractivity contribution >= 4 is 28.3 Å². The van der Waals surface area contributed by atoms with Crippen LogP contribution in [0.15, 0.2) is 35.3 Å². The van der Waals surface area contributed by atoms with E-state index in [9.17, 15) is 4.79 Å². The fourth-order valence-electron chi connectivity index (χ4n) is 2.77. The Labute approximate surface area is 160 Å². The molecule has 2 heterocycles. The van der Waals surface area contributed by atoms with Crippen molar-refractivity contribution in [2.24, 2.45) is 0 Å². The summed E-state index contributed by atoms with van der Waals surface area (Å²) in [6, 6.07) is 8.49. The second-order valence-corrected chi connectivity index (χ2v) is 6.28. The summed E-state index contributed by atoms with van der Waals surface area (Å²) in [6.07, 6.45) is 1.42. The number of aromatic nitrogens is 2. The van der Waals surface area contributed by atoms with E-state index in [0.717, 1.165) is 5.39 Å². The van der Waals surface area contributed by atoms with Crippen LogP contribution in [0.25, 0.3) is 10.9 Å². The van der Waals surface area contributed by atoms with Gasteiger partial charge in [0.2, 0.25) is 0 Å². The first-order valence-corrected chi connectivity index (χ1v) is 8.45. The molecule has 0 aliphatic rings. The van der Waals surface area contributed by atoms with Crippen LogP contribution in [0.1, 0.15) is 24.1 Å². The Morgan fingerprint density at radius 2 is 1.96 bits per heavy atom. The summed E-state index contributed by atoms with van der Waals surface area (Å²) >= 11 is 6.18. The molecule has 0 saturated carbocycles. The third-order valence-corrected chi connectivity index (χ3v) is 4.48. The average molecular weight is 385 g/mol. The van der Waals surface area contributed by atoms with Gasteiger partial charge in [-0.1, -0.05) is 11.6 Å². The van der Waals surface area contributed by atoms with Gasteiger partial charge in [-0.25, -0.2) is 4.98 Å². The highest BCUT2D eigenvalue weighted by molar-refractivity contribution is 6.32. The zero-order chi connectivity index (χ0) is 19.6. The van der Waals surface area contributed by atoms with Crippen molar-refractivity contribution in [3.8, 4) is 17.6 Å². The van der Waals surface area contributed by atoms with Crippen molar-refractivity contribution in [1.82, 2.24) is 9.97 Å². The first kappa shape index (κ1) is 18.5. The molecule has 0 radical (unpaired) electrons. The molecular formula is C19H17ClN4O3. The number of pyridine rings is 2. The first-order valence-electron chi connectivity index (χ1n) is 8.08. The highest BCUT2D eigenvalue weighted by Crippen LogP contribution is 2.30. The number of nitrogens with one attached hydrogen (secondary N) is 2. The maximum Gasteiger partial charge on any atom is 0.253 e. The van der Waals surface area contributed by atoms with Gasteiger partial charge in [-0.15, -0.1) is 0 Å². The molecule has 0 aliphatic carbocycles. The van der Waals surface area contributed by atoms with E-state index in [0.29, 0.717) is 39.0 Å². The Morgan fingerprint density at radius 1 is 1.22 bits per heavy atom. The van der Waals surface area contributed by atoms with Crippen molar-refractivity contribution in [3.63, 3.8) is 0 Å². The van der Waals surface area contributed by atoms with Crippen molar-refractivity contribution in [3.05, 3.63) is 57.0 Å². The van der Waals surface area contributed by atoms with E-state index in [1.54, 1.807) is 24.3 Å². The van der Waals surface area contributed by atoms with Crippen LogP contribution in [0.3, 0.4) is 0 Å². The zero-order valence-electron chi connectivity index (χ0n) is 15.0. The summed E-state index contributed by atoms with van der Waals surface area (Å²) in [4.78, 5) is 19.5. The van der Waals surface area contributed by atoms with Gasteiger partial charge in [-0.2, -0.15) is 5.26 Å². The first-order chi connectivity index (χ1) is 13.0. The zero-order valence-corrected chi connectivity index (χ0v) is 15.7. The van der Waals surface area contributed by atoms with E-state index in [1.807, 2.05) is 13.0 Å². The van der Waals surface area contributed by atoms with E-state index < -0.39 is 0 Å².